The van der Waals surface area contributed by atoms with E-state index in [1.165, 1.54) is 11.3 Å². The SMILES string of the molecule is Cc1c(C(C)NC(=O)c2csc(CCN)n2)cnn1C.Cl. The molecular formula is C13H20ClN5OS. The smallest absolute Gasteiger partial charge is 0.271 e. The third kappa shape index (κ3) is 4.03. The van der Waals surface area contributed by atoms with Crippen LogP contribution in [0.2, 0.25) is 0 Å². The number of thiazole rings is 1. The van der Waals surface area contributed by atoms with E-state index in [2.05, 4.69) is 15.4 Å². The number of aryl methyl sites for hydroxylation is 1. The molecule has 2 heterocycles. The molecule has 2 aromatic heterocycles. The van der Waals surface area contributed by atoms with Crippen LogP contribution in [-0.4, -0.2) is 27.2 Å². The van der Waals surface area contributed by atoms with Crippen LogP contribution < -0.4 is 11.1 Å². The molecule has 3 N–H and O–H groups in total. The van der Waals surface area contributed by atoms with Crippen molar-refractivity contribution in [1.82, 2.24) is 20.1 Å². The van der Waals surface area contributed by atoms with Crippen molar-refractivity contribution in [3.63, 3.8) is 0 Å². The minimum atomic E-state index is -0.166. The van der Waals surface area contributed by atoms with Crippen LogP contribution in [0.15, 0.2) is 11.6 Å². The Hall–Kier alpha value is -1.44. The standard InChI is InChI=1S/C13H19N5OS.ClH/c1-8(10-6-15-18(3)9(10)2)16-13(19)11-7-20-12(17-11)4-5-14;/h6-8H,4-5,14H2,1-3H3,(H,16,19);1H. The van der Waals surface area contributed by atoms with Gasteiger partial charge in [-0.15, -0.1) is 23.7 Å². The quantitative estimate of drug-likeness (QED) is 0.872. The van der Waals surface area contributed by atoms with Gasteiger partial charge in [0.15, 0.2) is 0 Å². The Labute approximate surface area is 134 Å². The van der Waals surface area contributed by atoms with E-state index in [1.54, 1.807) is 16.3 Å². The molecule has 1 atom stereocenters. The molecule has 0 aliphatic rings. The first-order chi connectivity index (χ1) is 9.52. The Balaban J connectivity index is 0.00000220. The number of hydrogen-bond acceptors (Lipinski definition) is 5. The summed E-state index contributed by atoms with van der Waals surface area (Å²) in [6.45, 7) is 4.46. The van der Waals surface area contributed by atoms with Crippen molar-refractivity contribution in [2.24, 2.45) is 12.8 Å². The number of carbonyl (C=O) groups excluding carboxylic acids is 1. The Morgan fingerprint density at radius 1 is 1.57 bits per heavy atom. The fourth-order valence-corrected chi connectivity index (χ4v) is 2.74. The van der Waals surface area contributed by atoms with Crippen LogP contribution in [0.25, 0.3) is 0 Å². The van der Waals surface area contributed by atoms with Crippen molar-refractivity contribution >= 4 is 29.7 Å². The predicted molar refractivity (Wildman–Crippen MR) is 85.9 cm³/mol. The highest BCUT2D eigenvalue weighted by Gasteiger charge is 2.17. The largest absolute Gasteiger partial charge is 0.344 e. The molecule has 2 rings (SSSR count). The number of nitrogens with zero attached hydrogens (tertiary/aromatic N) is 3. The van der Waals surface area contributed by atoms with Crippen LogP contribution in [0.1, 0.15) is 39.7 Å². The molecule has 0 aromatic carbocycles. The number of aromatic nitrogens is 3. The third-order valence-electron chi connectivity index (χ3n) is 3.23. The molecule has 2 aromatic rings. The summed E-state index contributed by atoms with van der Waals surface area (Å²) >= 11 is 1.46. The Kier molecular flexibility index (Phi) is 6.32. The van der Waals surface area contributed by atoms with Gasteiger partial charge in [-0.3, -0.25) is 9.48 Å². The van der Waals surface area contributed by atoms with Gasteiger partial charge in [0.2, 0.25) is 0 Å². The van der Waals surface area contributed by atoms with Crippen molar-refractivity contribution < 1.29 is 4.79 Å². The van der Waals surface area contributed by atoms with E-state index in [0.29, 0.717) is 18.7 Å². The lowest BCUT2D eigenvalue weighted by Gasteiger charge is -2.12. The minimum absolute atomic E-state index is 0. The molecule has 0 aliphatic carbocycles. The fourth-order valence-electron chi connectivity index (χ4n) is 1.94. The number of nitrogens with two attached hydrogens (primary N) is 1. The summed E-state index contributed by atoms with van der Waals surface area (Å²) in [6.07, 6.45) is 2.48. The van der Waals surface area contributed by atoms with Gasteiger partial charge in [0.1, 0.15) is 5.69 Å². The number of hydrogen-bond donors (Lipinski definition) is 2. The van der Waals surface area contributed by atoms with Crippen molar-refractivity contribution in [3.8, 4) is 0 Å². The summed E-state index contributed by atoms with van der Waals surface area (Å²) in [5.41, 5.74) is 7.98. The second kappa shape index (κ2) is 7.53. The van der Waals surface area contributed by atoms with Gasteiger partial charge in [-0.2, -0.15) is 5.10 Å². The molecule has 0 fully saturated rings. The monoisotopic (exact) mass is 329 g/mol. The van der Waals surface area contributed by atoms with Crippen molar-refractivity contribution in [2.75, 3.05) is 6.54 Å². The zero-order valence-corrected chi connectivity index (χ0v) is 13.9. The summed E-state index contributed by atoms with van der Waals surface area (Å²) in [5, 5.41) is 9.78. The van der Waals surface area contributed by atoms with Crippen LogP contribution in [-0.2, 0) is 13.5 Å². The normalized spacial score (nSPS) is 11.8. The first-order valence-electron chi connectivity index (χ1n) is 6.46. The van der Waals surface area contributed by atoms with E-state index in [1.807, 2.05) is 20.9 Å². The van der Waals surface area contributed by atoms with Crippen molar-refractivity contribution in [3.05, 3.63) is 33.5 Å². The third-order valence-corrected chi connectivity index (χ3v) is 4.14. The predicted octanol–water partition coefficient (Wildman–Crippen LogP) is 1.60. The Morgan fingerprint density at radius 2 is 2.29 bits per heavy atom. The van der Waals surface area contributed by atoms with Gasteiger partial charge >= 0.3 is 0 Å². The molecule has 116 valence electrons. The van der Waals surface area contributed by atoms with E-state index >= 15 is 0 Å². The summed E-state index contributed by atoms with van der Waals surface area (Å²) < 4.78 is 1.79. The highest BCUT2D eigenvalue weighted by Crippen LogP contribution is 2.17. The van der Waals surface area contributed by atoms with Gasteiger partial charge in [0, 0.05) is 30.1 Å². The second-order valence-corrected chi connectivity index (χ2v) is 5.61. The van der Waals surface area contributed by atoms with Crippen LogP contribution in [0, 0.1) is 6.92 Å². The molecule has 0 saturated heterocycles. The lowest BCUT2D eigenvalue weighted by molar-refractivity contribution is 0.0935. The van der Waals surface area contributed by atoms with E-state index in [4.69, 9.17) is 5.73 Å². The van der Waals surface area contributed by atoms with Crippen LogP contribution in [0.4, 0.5) is 0 Å². The van der Waals surface area contributed by atoms with Crippen molar-refractivity contribution in [2.45, 2.75) is 26.3 Å². The van der Waals surface area contributed by atoms with Gasteiger partial charge in [0.25, 0.3) is 5.91 Å². The zero-order chi connectivity index (χ0) is 14.7. The number of halogens is 1. The summed E-state index contributed by atoms with van der Waals surface area (Å²) in [6, 6.07) is -0.101. The van der Waals surface area contributed by atoms with Gasteiger partial charge in [0.05, 0.1) is 17.2 Å². The topological polar surface area (TPSA) is 85.8 Å². The number of amides is 1. The molecule has 0 saturated carbocycles. The maximum atomic E-state index is 12.1. The Morgan fingerprint density at radius 3 is 2.86 bits per heavy atom. The number of nitrogens with one attached hydrogen (secondary N) is 1. The summed E-state index contributed by atoms with van der Waals surface area (Å²) in [7, 11) is 1.88. The second-order valence-electron chi connectivity index (χ2n) is 4.67. The first kappa shape index (κ1) is 17.6. The lowest BCUT2D eigenvalue weighted by atomic mass is 10.1. The lowest BCUT2D eigenvalue weighted by Crippen LogP contribution is -2.27. The molecule has 0 aliphatic heterocycles. The average Bonchev–Trinajstić information content (AvgIpc) is 2.99. The molecule has 1 amide bonds. The molecular weight excluding hydrogens is 310 g/mol. The van der Waals surface area contributed by atoms with Gasteiger partial charge < -0.3 is 11.1 Å². The molecule has 1 unspecified atom stereocenters. The zero-order valence-electron chi connectivity index (χ0n) is 12.3. The fraction of sp³-hybridized carbons (Fsp3) is 0.462. The highest BCUT2D eigenvalue weighted by molar-refractivity contribution is 7.09. The van der Waals surface area contributed by atoms with E-state index < -0.39 is 0 Å². The van der Waals surface area contributed by atoms with E-state index in [9.17, 15) is 4.79 Å². The van der Waals surface area contributed by atoms with Crippen molar-refractivity contribution in [1.29, 1.82) is 0 Å². The molecule has 0 bridgehead atoms. The Bertz CT molecular complexity index is 609. The van der Waals surface area contributed by atoms with E-state index in [0.717, 1.165) is 16.3 Å². The molecule has 21 heavy (non-hydrogen) atoms. The molecule has 8 heteroatoms. The van der Waals surface area contributed by atoms with Crippen LogP contribution in [0.5, 0.6) is 0 Å². The summed E-state index contributed by atoms with van der Waals surface area (Å²) in [5.74, 6) is -0.166. The molecule has 6 nitrogen and oxygen atoms in total. The highest BCUT2D eigenvalue weighted by atomic mass is 35.5. The van der Waals surface area contributed by atoms with E-state index in [-0.39, 0.29) is 24.4 Å². The van der Waals surface area contributed by atoms with Gasteiger partial charge in [-0.25, -0.2) is 4.98 Å². The average molecular weight is 330 g/mol. The molecule has 0 spiro atoms. The maximum absolute atomic E-state index is 12.1. The maximum Gasteiger partial charge on any atom is 0.271 e. The number of carbonyl (C=O) groups is 1. The number of rotatable bonds is 5. The first-order valence-corrected chi connectivity index (χ1v) is 7.34. The summed E-state index contributed by atoms with van der Waals surface area (Å²) in [4.78, 5) is 16.4. The molecule has 0 radical (unpaired) electrons. The van der Waals surface area contributed by atoms with Crippen LogP contribution >= 0.6 is 23.7 Å². The van der Waals surface area contributed by atoms with Gasteiger partial charge in [-0.05, 0) is 20.4 Å². The van der Waals surface area contributed by atoms with Crippen LogP contribution in [0.3, 0.4) is 0 Å². The minimum Gasteiger partial charge on any atom is -0.344 e. The van der Waals surface area contributed by atoms with Gasteiger partial charge in [-0.1, -0.05) is 0 Å².